The Morgan fingerprint density at radius 3 is 3.00 bits per heavy atom. The molecule has 2 heterocycles. The number of hydrogen-bond donors (Lipinski definition) is 2. The molecule has 2 N–H and O–H groups in total. The van der Waals surface area contributed by atoms with Gasteiger partial charge in [-0.3, -0.25) is 9.59 Å². The number of likely N-dealkylation sites (tertiary alicyclic amines) is 1. The first kappa shape index (κ1) is 16.0. The van der Waals surface area contributed by atoms with Crippen molar-refractivity contribution < 1.29 is 14.7 Å². The molecule has 1 saturated heterocycles. The van der Waals surface area contributed by atoms with Crippen molar-refractivity contribution in [2.24, 2.45) is 5.92 Å². The highest BCUT2D eigenvalue weighted by molar-refractivity contribution is 7.08. The fourth-order valence-electron chi connectivity index (χ4n) is 2.37. The van der Waals surface area contributed by atoms with Gasteiger partial charge in [-0.05, 0) is 30.2 Å². The fourth-order valence-corrected chi connectivity index (χ4v) is 3.01. The Morgan fingerprint density at radius 1 is 1.52 bits per heavy atom. The summed E-state index contributed by atoms with van der Waals surface area (Å²) in [4.78, 5) is 25.5. The lowest BCUT2D eigenvalue weighted by Gasteiger charge is -2.34. The van der Waals surface area contributed by atoms with Gasteiger partial charge in [0.25, 0.3) is 5.91 Å². The monoisotopic (exact) mass is 310 g/mol. The zero-order chi connectivity index (χ0) is 15.2. The average Bonchev–Trinajstić information content (AvgIpc) is 3.00. The van der Waals surface area contributed by atoms with E-state index in [0.717, 1.165) is 13.0 Å². The summed E-state index contributed by atoms with van der Waals surface area (Å²) in [6.45, 7) is 3.65. The number of carbonyl (C=O) groups is 2. The summed E-state index contributed by atoms with van der Waals surface area (Å²) >= 11 is 1.49. The normalized spacial score (nSPS) is 22.1. The van der Waals surface area contributed by atoms with Gasteiger partial charge >= 0.3 is 0 Å². The first-order chi connectivity index (χ1) is 10.1. The van der Waals surface area contributed by atoms with E-state index in [1.54, 1.807) is 16.3 Å². The van der Waals surface area contributed by atoms with Gasteiger partial charge in [-0.15, -0.1) is 0 Å². The molecule has 0 spiro atoms. The highest BCUT2D eigenvalue weighted by atomic mass is 32.1. The third-order valence-corrected chi connectivity index (χ3v) is 4.59. The van der Waals surface area contributed by atoms with Crippen LogP contribution in [0.3, 0.4) is 0 Å². The highest BCUT2D eigenvalue weighted by Crippen LogP contribution is 2.17. The van der Waals surface area contributed by atoms with Gasteiger partial charge in [0.2, 0.25) is 5.91 Å². The number of nitrogens with one attached hydrogen (secondary N) is 1. The van der Waals surface area contributed by atoms with Crippen LogP contribution in [-0.4, -0.2) is 47.6 Å². The molecule has 2 atom stereocenters. The maximum atomic E-state index is 12.0. The molecular weight excluding hydrogens is 288 g/mol. The number of aliphatic hydroxyl groups excluding tert-OH is 1. The second-order valence-corrected chi connectivity index (χ2v) is 6.32. The largest absolute Gasteiger partial charge is 0.391 e. The maximum Gasteiger partial charge on any atom is 0.252 e. The van der Waals surface area contributed by atoms with Crippen molar-refractivity contribution in [2.45, 2.75) is 32.3 Å². The molecule has 21 heavy (non-hydrogen) atoms. The topological polar surface area (TPSA) is 69.6 Å². The molecule has 0 aromatic carbocycles. The van der Waals surface area contributed by atoms with Crippen molar-refractivity contribution in [1.82, 2.24) is 10.2 Å². The molecule has 1 aromatic heterocycles. The van der Waals surface area contributed by atoms with Crippen LogP contribution in [0.5, 0.6) is 0 Å². The van der Waals surface area contributed by atoms with E-state index in [-0.39, 0.29) is 17.7 Å². The molecule has 2 amide bonds. The summed E-state index contributed by atoms with van der Waals surface area (Å²) < 4.78 is 0. The Labute approximate surface area is 129 Å². The van der Waals surface area contributed by atoms with Gasteiger partial charge in [-0.25, -0.2) is 0 Å². The van der Waals surface area contributed by atoms with E-state index in [2.05, 4.69) is 5.32 Å². The predicted molar refractivity (Wildman–Crippen MR) is 82.3 cm³/mol. The lowest BCUT2D eigenvalue weighted by atomic mass is 9.96. The minimum atomic E-state index is -0.416. The molecule has 5 nitrogen and oxygen atoms in total. The highest BCUT2D eigenvalue weighted by Gasteiger charge is 2.26. The lowest BCUT2D eigenvalue weighted by Crippen LogP contribution is -2.45. The van der Waals surface area contributed by atoms with Crippen molar-refractivity contribution in [3.63, 3.8) is 0 Å². The number of piperidine rings is 1. The van der Waals surface area contributed by atoms with Gasteiger partial charge in [0.1, 0.15) is 0 Å². The van der Waals surface area contributed by atoms with Crippen molar-refractivity contribution in [1.29, 1.82) is 0 Å². The van der Waals surface area contributed by atoms with E-state index >= 15 is 0 Å². The molecule has 0 bridgehead atoms. The maximum absolute atomic E-state index is 12.0. The average molecular weight is 310 g/mol. The third-order valence-electron chi connectivity index (χ3n) is 3.91. The zero-order valence-electron chi connectivity index (χ0n) is 12.2. The number of thiophene rings is 1. The summed E-state index contributed by atoms with van der Waals surface area (Å²) in [5, 5.41) is 16.3. The molecule has 0 saturated carbocycles. The van der Waals surface area contributed by atoms with Gasteiger partial charge in [-0.2, -0.15) is 11.3 Å². The number of rotatable bonds is 5. The molecule has 1 aliphatic heterocycles. The van der Waals surface area contributed by atoms with Gasteiger partial charge < -0.3 is 15.3 Å². The van der Waals surface area contributed by atoms with Gasteiger partial charge in [0.05, 0.1) is 6.10 Å². The van der Waals surface area contributed by atoms with Crippen LogP contribution < -0.4 is 5.32 Å². The van der Waals surface area contributed by atoms with Crippen LogP contribution in [0.25, 0.3) is 0 Å². The van der Waals surface area contributed by atoms with E-state index < -0.39 is 6.10 Å². The second kappa shape index (κ2) is 7.56. The number of amides is 2. The van der Waals surface area contributed by atoms with Crippen LogP contribution in [0.2, 0.25) is 0 Å². The molecule has 2 rings (SSSR count). The zero-order valence-corrected chi connectivity index (χ0v) is 13.1. The molecule has 1 aliphatic rings. The second-order valence-electron chi connectivity index (χ2n) is 5.54. The SMILES string of the molecule is CC1CCN(C(=O)CCCNC(=O)c2ccsc2)CC1O. The number of carbonyl (C=O) groups excluding carboxylic acids is 2. The van der Waals surface area contributed by atoms with Crippen LogP contribution in [0.4, 0.5) is 0 Å². The molecule has 0 radical (unpaired) electrons. The molecule has 2 unspecified atom stereocenters. The molecule has 6 heteroatoms. The number of nitrogens with zero attached hydrogens (tertiary/aromatic N) is 1. The summed E-state index contributed by atoms with van der Waals surface area (Å²) in [7, 11) is 0. The lowest BCUT2D eigenvalue weighted by molar-refractivity contribution is -0.135. The summed E-state index contributed by atoms with van der Waals surface area (Å²) in [6, 6.07) is 1.78. The summed E-state index contributed by atoms with van der Waals surface area (Å²) in [6.07, 6.45) is 1.46. The Bertz CT molecular complexity index is 475. The van der Waals surface area contributed by atoms with Crippen molar-refractivity contribution in [3.8, 4) is 0 Å². The van der Waals surface area contributed by atoms with Gasteiger partial charge in [0.15, 0.2) is 0 Å². The molecule has 1 aromatic rings. The van der Waals surface area contributed by atoms with Crippen LogP contribution in [-0.2, 0) is 4.79 Å². The Morgan fingerprint density at radius 2 is 2.33 bits per heavy atom. The number of hydrogen-bond acceptors (Lipinski definition) is 4. The van der Waals surface area contributed by atoms with Gasteiger partial charge in [-0.1, -0.05) is 6.92 Å². The van der Waals surface area contributed by atoms with Crippen LogP contribution in [0.1, 0.15) is 36.5 Å². The van der Waals surface area contributed by atoms with E-state index in [4.69, 9.17) is 0 Å². The minimum Gasteiger partial charge on any atom is -0.391 e. The summed E-state index contributed by atoms with van der Waals surface area (Å²) in [5.74, 6) is 0.232. The first-order valence-corrected chi connectivity index (χ1v) is 8.28. The van der Waals surface area contributed by atoms with E-state index in [9.17, 15) is 14.7 Å². The van der Waals surface area contributed by atoms with E-state index in [1.807, 2.05) is 12.3 Å². The molecule has 1 fully saturated rings. The summed E-state index contributed by atoms with van der Waals surface area (Å²) in [5.41, 5.74) is 0.666. The van der Waals surface area contributed by atoms with Crippen molar-refractivity contribution in [3.05, 3.63) is 22.4 Å². The van der Waals surface area contributed by atoms with Crippen LogP contribution in [0, 0.1) is 5.92 Å². The fraction of sp³-hybridized carbons (Fsp3) is 0.600. The van der Waals surface area contributed by atoms with Crippen LogP contribution in [0.15, 0.2) is 16.8 Å². The smallest absolute Gasteiger partial charge is 0.252 e. The number of aliphatic hydroxyl groups is 1. The molecule has 116 valence electrons. The van der Waals surface area contributed by atoms with Crippen molar-refractivity contribution in [2.75, 3.05) is 19.6 Å². The van der Waals surface area contributed by atoms with E-state index in [0.29, 0.717) is 31.5 Å². The Balaban J connectivity index is 1.64. The van der Waals surface area contributed by atoms with Gasteiger partial charge in [0, 0.05) is 37.0 Å². The molecule has 0 aliphatic carbocycles. The van der Waals surface area contributed by atoms with Crippen LogP contribution >= 0.6 is 11.3 Å². The third kappa shape index (κ3) is 4.54. The molecular formula is C15H22N2O3S. The standard InChI is InChI=1S/C15H22N2O3S/c1-11-4-7-17(9-13(11)18)14(19)3-2-6-16-15(20)12-5-8-21-10-12/h5,8,10-11,13,18H,2-4,6-7,9H2,1H3,(H,16,20). The quantitative estimate of drug-likeness (QED) is 0.810. The minimum absolute atomic E-state index is 0.0609. The number of β-amino-alcohol motifs (C(OH)–C–C–N with tert-alkyl or cyclic N) is 1. The predicted octanol–water partition coefficient (Wildman–Crippen LogP) is 1.49. The first-order valence-electron chi connectivity index (χ1n) is 7.34. The van der Waals surface area contributed by atoms with E-state index in [1.165, 1.54) is 11.3 Å². The van der Waals surface area contributed by atoms with Crippen molar-refractivity contribution >= 4 is 23.2 Å². The Hall–Kier alpha value is -1.40. The Kier molecular flexibility index (Phi) is 5.76.